The number of carboxylic acid groups (broad SMARTS) is 1. The minimum atomic E-state index is -1.14. The fraction of sp³-hybridized carbons (Fsp3) is 0.308. The molecule has 2 N–H and O–H groups in total. The standard InChI is InChI=1S/C13H15N3O3/c1-8(13(18)19)12(17)14-7-11-15-9-5-3-4-6-10(9)16(11)2/h3-6,8H,7H2,1-2H3,(H,14,17)(H,18,19). The van der Waals surface area contributed by atoms with Gasteiger partial charge in [-0.1, -0.05) is 12.1 Å². The summed E-state index contributed by atoms with van der Waals surface area (Å²) in [6.45, 7) is 1.56. The Labute approximate surface area is 110 Å². The van der Waals surface area contributed by atoms with E-state index in [9.17, 15) is 9.59 Å². The van der Waals surface area contributed by atoms with E-state index in [0.29, 0.717) is 5.82 Å². The number of carboxylic acids is 1. The van der Waals surface area contributed by atoms with E-state index in [1.165, 1.54) is 6.92 Å². The minimum absolute atomic E-state index is 0.210. The lowest BCUT2D eigenvalue weighted by Crippen LogP contribution is -2.33. The molecule has 0 aliphatic rings. The van der Waals surface area contributed by atoms with Crippen LogP contribution in [-0.2, 0) is 23.2 Å². The van der Waals surface area contributed by atoms with Gasteiger partial charge < -0.3 is 15.0 Å². The molecule has 1 unspecified atom stereocenters. The maximum atomic E-state index is 11.6. The molecule has 1 heterocycles. The lowest BCUT2D eigenvalue weighted by Gasteiger charge is -2.08. The zero-order valence-electron chi connectivity index (χ0n) is 10.8. The van der Waals surface area contributed by atoms with Crippen molar-refractivity contribution in [2.45, 2.75) is 13.5 Å². The van der Waals surface area contributed by atoms with Crippen LogP contribution in [0.4, 0.5) is 0 Å². The number of nitrogens with one attached hydrogen (secondary N) is 1. The molecule has 1 amide bonds. The maximum Gasteiger partial charge on any atom is 0.315 e. The predicted molar refractivity (Wildman–Crippen MR) is 69.4 cm³/mol. The smallest absolute Gasteiger partial charge is 0.315 e. The molecule has 1 aromatic heterocycles. The molecule has 1 atom stereocenters. The summed E-state index contributed by atoms with van der Waals surface area (Å²) in [5.74, 6) is -2.02. The summed E-state index contributed by atoms with van der Waals surface area (Å²) in [6, 6.07) is 7.64. The average Bonchev–Trinajstić information content (AvgIpc) is 2.72. The maximum absolute atomic E-state index is 11.6. The van der Waals surface area contributed by atoms with Crippen molar-refractivity contribution in [2.24, 2.45) is 13.0 Å². The van der Waals surface area contributed by atoms with E-state index in [4.69, 9.17) is 5.11 Å². The summed E-state index contributed by atoms with van der Waals surface area (Å²) in [6.07, 6.45) is 0. The van der Waals surface area contributed by atoms with Crippen molar-refractivity contribution in [3.8, 4) is 0 Å². The molecule has 0 aliphatic carbocycles. The molecule has 0 aliphatic heterocycles. The van der Waals surface area contributed by atoms with Gasteiger partial charge >= 0.3 is 5.97 Å². The molecule has 0 bridgehead atoms. The van der Waals surface area contributed by atoms with Crippen LogP contribution in [-0.4, -0.2) is 26.5 Å². The highest BCUT2D eigenvalue weighted by Crippen LogP contribution is 2.13. The van der Waals surface area contributed by atoms with E-state index in [2.05, 4.69) is 10.3 Å². The van der Waals surface area contributed by atoms with Crippen LogP contribution < -0.4 is 5.32 Å². The van der Waals surface area contributed by atoms with Crippen LogP contribution in [0.3, 0.4) is 0 Å². The molecule has 0 spiro atoms. The molecule has 0 fully saturated rings. The van der Waals surface area contributed by atoms with E-state index in [0.717, 1.165) is 11.0 Å². The van der Waals surface area contributed by atoms with Crippen molar-refractivity contribution in [1.82, 2.24) is 14.9 Å². The number of aliphatic carboxylic acids is 1. The number of imidazole rings is 1. The number of amides is 1. The normalized spacial score (nSPS) is 12.3. The van der Waals surface area contributed by atoms with Gasteiger partial charge in [0.15, 0.2) is 0 Å². The van der Waals surface area contributed by atoms with Crippen LogP contribution in [0.5, 0.6) is 0 Å². The molecule has 100 valence electrons. The number of para-hydroxylation sites is 2. The molecular formula is C13H15N3O3. The first kappa shape index (κ1) is 13.1. The number of fused-ring (bicyclic) bond motifs is 1. The Hall–Kier alpha value is -2.37. The Morgan fingerprint density at radius 1 is 1.42 bits per heavy atom. The molecule has 6 nitrogen and oxygen atoms in total. The van der Waals surface area contributed by atoms with Crippen LogP contribution in [0, 0.1) is 5.92 Å². The second-order valence-electron chi connectivity index (χ2n) is 4.35. The number of rotatable bonds is 4. The van der Waals surface area contributed by atoms with Crippen molar-refractivity contribution < 1.29 is 14.7 Å². The molecule has 19 heavy (non-hydrogen) atoms. The molecule has 1 aromatic carbocycles. The number of hydrogen-bond acceptors (Lipinski definition) is 3. The summed E-state index contributed by atoms with van der Waals surface area (Å²) < 4.78 is 1.88. The van der Waals surface area contributed by atoms with Crippen molar-refractivity contribution in [3.05, 3.63) is 30.1 Å². The third kappa shape index (κ3) is 2.57. The van der Waals surface area contributed by atoms with E-state index in [1.54, 1.807) is 0 Å². The van der Waals surface area contributed by atoms with Crippen LogP contribution >= 0.6 is 0 Å². The first-order valence-electron chi connectivity index (χ1n) is 5.91. The molecule has 2 rings (SSSR count). The number of carbonyl (C=O) groups is 2. The lowest BCUT2D eigenvalue weighted by molar-refractivity contribution is -0.146. The van der Waals surface area contributed by atoms with Gasteiger partial charge in [0.1, 0.15) is 11.7 Å². The Bertz CT molecular complexity index is 633. The molecule has 0 radical (unpaired) electrons. The summed E-state index contributed by atoms with van der Waals surface area (Å²) in [5, 5.41) is 11.3. The van der Waals surface area contributed by atoms with Crippen molar-refractivity contribution >= 4 is 22.9 Å². The van der Waals surface area contributed by atoms with Gasteiger partial charge in [-0.15, -0.1) is 0 Å². The SMILES string of the molecule is CC(C(=O)O)C(=O)NCc1nc2ccccc2n1C. The number of nitrogens with zero attached hydrogens (tertiary/aromatic N) is 2. The monoisotopic (exact) mass is 261 g/mol. The third-order valence-electron chi connectivity index (χ3n) is 3.06. The van der Waals surface area contributed by atoms with E-state index in [1.807, 2.05) is 35.9 Å². The van der Waals surface area contributed by atoms with Crippen LogP contribution in [0.15, 0.2) is 24.3 Å². The number of carbonyl (C=O) groups excluding carboxylic acids is 1. The third-order valence-corrected chi connectivity index (χ3v) is 3.06. The van der Waals surface area contributed by atoms with E-state index >= 15 is 0 Å². The summed E-state index contributed by atoms with van der Waals surface area (Å²) in [5.41, 5.74) is 1.82. The molecule has 2 aromatic rings. The van der Waals surface area contributed by atoms with Gasteiger partial charge in [0.25, 0.3) is 0 Å². The Balaban J connectivity index is 2.12. The predicted octanol–water partition coefficient (Wildman–Crippen LogP) is 0.910. The fourth-order valence-electron chi connectivity index (χ4n) is 1.78. The summed E-state index contributed by atoms with van der Waals surface area (Å²) in [7, 11) is 1.86. The van der Waals surface area contributed by atoms with Crippen molar-refractivity contribution in [1.29, 1.82) is 0 Å². The highest BCUT2D eigenvalue weighted by molar-refractivity contribution is 5.96. The second kappa shape index (κ2) is 5.09. The van der Waals surface area contributed by atoms with Gasteiger partial charge in [0.05, 0.1) is 17.6 Å². The topological polar surface area (TPSA) is 84.2 Å². The largest absolute Gasteiger partial charge is 0.481 e. The minimum Gasteiger partial charge on any atom is -0.481 e. The van der Waals surface area contributed by atoms with Crippen LogP contribution in [0.1, 0.15) is 12.7 Å². The van der Waals surface area contributed by atoms with Gasteiger partial charge in [-0.25, -0.2) is 4.98 Å². The number of benzene rings is 1. The highest BCUT2D eigenvalue weighted by Gasteiger charge is 2.20. The fourth-order valence-corrected chi connectivity index (χ4v) is 1.78. The van der Waals surface area contributed by atoms with Crippen molar-refractivity contribution in [2.75, 3.05) is 0 Å². The quantitative estimate of drug-likeness (QED) is 0.801. The lowest BCUT2D eigenvalue weighted by atomic mass is 10.2. The van der Waals surface area contributed by atoms with Crippen LogP contribution in [0.2, 0.25) is 0 Å². The Kier molecular flexibility index (Phi) is 3.50. The first-order valence-corrected chi connectivity index (χ1v) is 5.91. The zero-order valence-corrected chi connectivity index (χ0v) is 10.8. The van der Waals surface area contributed by atoms with E-state index < -0.39 is 17.8 Å². The van der Waals surface area contributed by atoms with Gasteiger partial charge in [-0.05, 0) is 19.1 Å². The van der Waals surface area contributed by atoms with Gasteiger partial charge in [0.2, 0.25) is 5.91 Å². The van der Waals surface area contributed by atoms with Gasteiger partial charge in [-0.3, -0.25) is 9.59 Å². The second-order valence-corrected chi connectivity index (χ2v) is 4.35. The Morgan fingerprint density at radius 2 is 2.11 bits per heavy atom. The summed E-state index contributed by atoms with van der Waals surface area (Å²) in [4.78, 5) is 26.6. The van der Waals surface area contributed by atoms with Gasteiger partial charge in [0, 0.05) is 7.05 Å². The number of hydrogen-bond donors (Lipinski definition) is 2. The molecule has 0 saturated heterocycles. The number of aryl methyl sites for hydroxylation is 1. The average molecular weight is 261 g/mol. The summed E-state index contributed by atoms with van der Waals surface area (Å²) >= 11 is 0. The molecule has 0 saturated carbocycles. The Morgan fingerprint density at radius 3 is 2.74 bits per heavy atom. The molecular weight excluding hydrogens is 246 g/mol. The van der Waals surface area contributed by atoms with Gasteiger partial charge in [-0.2, -0.15) is 0 Å². The van der Waals surface area contributed by atoms with Crippen molar-refractivity contribution in [3.63, 3.8) is 0 Å². The van der Waals surface area contributed by atoms with E-state index in [-0.39, 0.29) is 6.54 Å². The van der Waals surface area contributed by atoms with Crippen LogP contribution in [0.25, 0.3) is 11.0 Å². The highest BCUT2D eigenvalue weighted by atomic mass is 16.4. The zero-order chi connectivity index (χ0) is 14.0. The number of aromatic nitrogens is 2. The first-order chi connectivity index (χ1) is 9.00. The molecule has 6 heteroatoms.